The van der Waals surface area contributed by atoms with Gasteiger partial charge in [0.05, 0.1) is 0 Å². The fraction of sp³-hybridized carbons (Fsp3) is 1.00. The first-order valence-corrected chi connectivity index (χ1v) is 4.12. The van der Waals surface area contributed by atoms with Gasteiger partial charge in [0.2, 0.25) is 0 Å². The van der Waals surface area contributed by atoms with Crippen molar-refractivity contribution < 1.29 is 1.37 Å². The van der Waals surface area contributed by atoms with Crippen LogP contribution in [0.15, 0.2) is 0 Å². The molecule has 0 amide bonds. The molecule has 52 valence electrons. The van der Waals surface area contributed by atoms with Crippen LogP contribution in [0.3, 0.4) is 0 Å². The Morgan fingerprint density at radius 3 is 2.38 bits per heavy atom. The van der Waals surface area contributed by atoms with Crippen molar-refractivity contribution in [2.45, 2.75) is 39.3 Å². The molecule has 0 heterocycles. The molecule has 0 aromatic heterocycles. The third-order valence-corrected chi connectivity index (χ3v) is 2.14. The van der Waals surface area contributed by atoms with Gasteiger partial charge in [-0.2, -0.15) is 11.8 Å². The molecule has 1 unspecified atom stereocenters. The van der Waals surface area contributed by atoms with Crippen molar-refractivity contribution in [1.29, 1.82) is 0 Å². The van der Waals surface area contributed by atoms with Gasteiger partial charge >= 0.3 is 0 Å². The smallest absolute Gasteiger partial charge is 0.0194 e. The summed E-state index contributed by atoms with van der Waals surface area (Å²) in [7, 11) is 1.25. The number of rotatable bonds is 3. The predicted octanol–water partition coefficient (Wildman–Crippen LogP) is 3.17. The van der Waals surface area contributed by atoms with Crippen molar-refractivity contribution in [3.8, 4) is 0 Å². The molecule has 0 nitrogen and oxygen atoms in total. The number of thioether (sulfide) groups is 1. The summed E-state index contributed by atoms with van der Waals surface area (Å²) in [6.45, 7) is 4.50. The zero-order chi connectivity index (χ0) is 7.70. The summed E-state index contributed by atoms with van der Waals surface area (Å²) in [5.74, 6) is 0. The zero-order valence-electron chi connectivity index (χ0n) is 7.40. The van der Waals surface area contributed by atoms with Crippen molar-refractivity contribution in [2.24, 2.45) is 0 Å². The Morgan fingerprint density at radius 1 is 1.75 bits per heavy atom. The fourth-order valence-corrected chi connectivity index (χ4v) is 0.996. The van der Waals surface area contributed by atoms with Gasteiger partial charge < -0.3 is 0 Å². The van der Waals surface area contributed by atoms with Gasteiger partial charge in [-0.25, -0.2) is 0 Å². The van der Waals surface area contributed by atoms with E-state index in [1.54, 1.807) is 0 Å². The molecule has 0 spiro atoms. The van der Waals surface area contributed by atoms with Crippen LogP contribution < -0.4 is 0 Å². The van der Waals surface area contributed by atoms with E-state index in [1.165, 1.54) is 20.2 Å². The summed E-state index contributed by atoms with van der Waals surface area (Å²) >= 11 is 1.95. The molecule has 0 fully saturated rings. The first kappa shape index (κ1) is 8.35. The Kier molecular flexibility index (Phi) is 7.67. The SMILES string of the molecule is CCCC(C)SC.[2H]C. The minimum atomic E-state index is 0.866. The normalized spacial score (nSPS) is 13.2. The van der Waals surface area contributed by atoms with Crippen LogP contribution in [-0.2, 0) is 0 Å². The van der Waals surface area contributed by atoms with Crippen LogP contribution >= 0.6 is 11.8 Å². The van der Waals surface area contributed by atoms with E-state index in [0.717, 1.165) is 5.25 Å². The van der Waals surface area contributed by atoms with Gasteiger partial charge in [-0.3, -0.25) is 0 Å². The molecule has 1 atom stereocenters. The standard InChI is InChI=1S/C6H14S.CH4/c1-4-5-6(2)7-3;/h6H,4-5H2,1-3H3;1H4/i;1D. The van der Waals surface area contributed by atoms with E-state index in [-0.39, 0.29) is 0 Å². The van der Waals surface area contributed by atoms with Gasteiger partial charge in [-0.15, -0.1) is 0 Å². The largest absolute Gasteiger partial charge is 0.162 e. The lowest BCUT2D eigenvalue weighted by Crippen LogP contribution is -1.91. The maximum Gasteiger partial charge on any atom is 0.0194 e. The van der Waals surface area contributed by atoms with E-state index in [2.05, 4.69) is 20.1 Å². The summed E-state index contributed by atoms with van der Waals surface area (Å²) in [6, 6.07) is 0. The summed E-state index contributed by atoms with van der Waals surface area (Å²) in [6.07, 6.45) is 4.85. The average Bonchev–Trinajstić information content (AvgIpc) is 1.93. The molecule has 1 heteroatoms. The van der Waals surface area contributed by atoms with E-state index in [9.17, 15) is 0 Å². The third-order valence-electron chi connectivity index (χ3n) is 1.10. The molecule has 0 N–H and O–H groups in total. The quantitative estimate of drug-likeness (QED) is 0.573. The molecule has 0 bridgehead atoms. The molecule has 0 aliphatic heterocycles. The van der Waals surface area contributed by atoms with Gasteiger partial charge in [-0.05, 0) is 12.7 Å². The van der Waals surface area contributed by atoms with Gasteiger partial charge in [0, 0.05) is 6.62 Å². The Labute approximate surface area is 59.5 Å². The van der Waals surface area contributed by atoms with Gasteiger partial charge in [0.1, 0.15) is 0 Å². The third kappa shape index (κ3) is 6.35. The molecule has 0 aliphatic rings. The van der Waals surface area contributed by atoms with Gasteiger partial charge in [0.25, 0.3) is 0 Å². The van der Waals surface area contributed by atoms with E-state index in [1.807, 2.05) is 11.8 Å². The first-order valence-electron chi connectivity index (χ1n) is 3.84. The van der Waals surface area contributed by atoms with Crippen LogP contribution in [0.2, 0.25) is 0 Å². The molecule has 0 saturated carbocycles. The second kappa shape index (κ2) is 7.35. The maximum atomic E-state index is 5.75. The van der Waals surface area contributed by atoms with Crippen molar-refractivity contribution in [3.05, 3.63) is 0 Å². The maximum absolute atomic E-state index is 5.75. The minimum absolute atomic E-state index is 0.866. The van der Waals surface area contributed by atoms with Crippen LogP contribution in [0.4, 0.5) is 0 Å². The van der Waals surface area contributed by atoms with Crippen LogP contribution in [0.5, 0.6) is 0 Å². The summed E-state index contributed by atoms with van der Waals surface area (Å²) in [4.78, 5) is 0. The van der Waals surface area contributed by atoms with E-state index in [0.29, 0.717) is 0 Å². The highest BCUT2D eigenvalue weighted by molar-refractivity contribution is 7.99. The van der Waals surface area contributed by atoms with Crippen molar-refractivity contribution in [1.82, 2.24) is 0 Å². The first-order chi connectivity index (χ1) is 4.31. The lowest BCUT2D eigenvalue weighted by Gasteiger charge is -2.02. The zero-order valence-corrected chi connectivity index (χ0v) is 7.22. The topological polar surface area (TPSA) is 0 Å². The summed E-state index contributed by atoms with van der Waals surface area (Å²) in [5.41, 5.74) is 0. The van der Waals surface area contributed by atoms with Crippen LogP contribution in [0, 0.1) is 0 Å². The van der Waals surface area contributed by atoms with E-state index < -0.39 is 0 Å². The van der Waals surface area contributed by atoms with Gasteiger partial charge in [-0.1, -0.05) is 27.7 Å². The highest BCUT2D eigenvalue weighted by atomic mass is 32.2. The second-order valence-electron chi connectivity index (χ2n) is 1.83. The van der Waals surface area contributed by atoms with E-state index in [4.69, 9.17) is 1.37 Å². The predicted molar refractivity (Wildman–Crippen MR) is 44.6 cm³/mol. The van der Waals surface area contributed by atoms with Crippen molar-refractivity contribution in [2.75, 3.05) is 6.26 Å². The minimum Gasteiger partial charge on any atom is -0.162 e. The summed E-state index contributed by atoms with van der Waals surface area (Å²) < 4.78 is 5.75. The Hall–Kier alpha value is 0.350. The lowest BCUT2D eigenvalue weighted by atomic mass is 10.3. The highest BCUT2D eigenvalue weighted by Crippen LogP contribution is 2.10. The average molecular weight is 135 g/mol. The Balaban J connectivity index is 0. The van der Waals surface area contributed by atoms with Crippen molar-refractivity contribution in [3.63, 3.8) is 0 Å². The molecule has 0 aliphatic carbocycles. The molecular formula is C7H18S. The number of hydrogen-bond donors (Lipinski definition) is 0. The second-order valence-corrected chi connectivity index (χ2v) is 3.11. The Bertz CT molecular complexity index is 39.9. The van der Waals surface area contributed by atoms with E-state index >= 15 is 0 Å². The summed E-state index contributed by atoms with van der Waals surface area (Å²) in [5, 5.41) is 0.866. The Morgan fingerprint density at radius 2 is 2.25 bits per heavy atom. The molecule has 0 aromatic rings. The molecule has 0 saturated heterocycles. The highest BCUT2D eigenvalue weighted by Gasteiger charge is 1.93. The molecule has 8 heavy (non-hydrogen) atoms. The van der Waals surface area contributed by atoms with Crippen LogP contribution in [0.25, 0.3) is 0 Å². The molecule has 0 rings (SSSR count). The molecule has 0 radical (unpaired) electrons. The fourth-order valence-electron chi connectivity index (χ4n) is 0.524. The molecular weight excluding hydrogens is 116 g/mol. The monoisotopic (exact) mass is 135 g/mol. The van der Waals surface area contributed by atoms with Crippen molar-refractivity contribution >= 4 is 11.8 Å². The van der Waals surface area contributed by atoms with Gasteiger partial charge in [0.15, 0.2) is 0 Å². The number of hydrogen-bond acceptors (Lipinski definition) is 1. The van der Waals surface area contributed by atoms with Crippen LogP contribution in [0.1, 0.15) is 35.5 Å². The van der Waals surface area contributed by atoms with Crippen LogP contribution in [-0.4, -0.2) is 11.5 Å². The lowest BCUT2D eigenvalue weighted by molar-refractivity contribution is 0.788. The molecule has 0 aromatic carbocycles.